The summed E-state index contributed by atoms with van der Waals surface area (Å²) in [6.45, 7) is 4.13. The molecular formula is C21H18N4O. The van der Waals surface area contributed by atoms with Crippen molar-refractivity contribution in [1.82, 2.24) is 4.98 Å². The normalized spacial score (nSPS) is 10.0. The summed E-state index contributed by atoms with van der Waals surface area (Å²) in [4.78, 5) is 16.5. The SMILES string of the molecule is Cc1ccc(Nc2ccnc(C(=O)Nc3ccc(C#N)cc3)c2)cc1C. The van der Waals surface area contributed by atoms with Crippen LogP contribution >= 0.6 is 0 Å². The van der Waals surface area contributed by atoms with Crippen LogP contribution < -0.4 is 10.6 Å². The Balaban J connectivity index is 1.74. The van der Waals surface area contributed by atoms with Crippen LogP contribution in [0.3, 0.4) is 0 Å². The molecule has 0 atom stereocenters. The monoisotopic (exact) mass is 342 g/mol. The van der Waals surface area contributed by atoms with Crippen molar-refractivity contribution in [2.75, 3.05) is 10.6 Å². The smallest absolute Gasteiger partial charge is 0.274 e. The molecular weight excluding hydrogens is 324 g/mol. The molecule has 1 aromatic heterocycles. The zero-order valence-electron chi connectivity index (χ0n) is 14.6. The summed E-state index contributed by atoms with van der Waals surface area (Å²) >= 11 is 0. The molecule has 5 heteroatoms. The van der Waals surface area contributed by atoms with Crippen molar-refractivity contribution >= 4 is 23.0 Å². The predicted octanol–water partition coefficient (Wildman–Crippen LogP) is 4.57. The third-order valence-electron chi connectivity index (χ3n) is 4.06. The summed E-state index contributed by atoms with van der Waals surface area (Å²) in [5.41, 5.74) is 5.63. The fraction of sp³-hybridized carbons (Fsp3) is 0.0952. The number of rotatable bonds is 4. The average molecular weight is 342 g/mol. The van der Waals surface area contributed by atoms with Crippen molar-refractivity contribution in [3.05, 3.63) is 83.2 Å². The van der Waals surface area contributed by atoms with Gasteiger partial charge in [-0.3, -0.25) is 9.78 Å². The Labute approximate surface area is 152 Å². The molecule has 1 amide bonds. The van der Waals surface area contributed by atoms with Crippen molar-refractivity contribution in [3.8, 4) is 6.07 Å². The number of hydrogen-bond acceptors (Lipinski definition) is 4. The average Bonchev–Trinajstić information content (AvgIpc) is 2.65. The highest BCUT2D eigenvalue weighted by Gasteiger charge is 2.09. The molecule has 0 radical (unpaired) electrons. The van der Waals surface area contributed by atoms with Gasteiger partial charge in [-0.15, -0.1) is 0 Å². The first-order chi connectivity index (χ1) is 12.5. The second-order valence-electron chi connectivity index (χ2n) is 6.00. The summed E-state index contributed by atoms with van der Waals surface area (Å²) in [6, 6.07) is 18.4. The van der Waals surface area contributed by atoms with Gasteiger partial charge in [0.2, 0.25) is 0 Å². The third-order valence-corrected chi connectivity index (χ3v) is 4.06. The Morgan fingerprint density at radius 3 is 2.31 bits per heavy atom. The van der Waals surface area contributed by atoms with E-state index in [1.165, 1.54) is 11.1 Å². The summed E-state index contributed by atoms with van der Waals surface area (Å²) in [5, 5.41) is 14.9. The van der Waals surface area contributed by atoms with Crippen molar-refractivity contribution in [1.29, 1.82) is 5.26 Å². The standard InChI is InChI=1S/C21H18N4O/c1-14-3-6-18(11-15(14)2)24-19-9-10-23-20(12-19)21(26)25-17-7-4-16(13-22)5-8-17/h3-12H,1-2H3,(H,23,24)(H,25,26). The minimum absolute atomic E-state index is 0.307. The number of nitrogens with one attached hydrogen (secondary N) is 2. The zero-order valence-corrected chi connectivity index (χ0v) is 14.6. The quantitative estimate of drug-likeness (QED) is 0.728. The van der Waals surface area contributed by atoms with E-state index in [-0.39, 0.29) is 5.91 Å². The van der Waals surface area contributed by atoms with Crippen LogP contribution in [0.15, 0.2) is 60.8 Å². The van der Waals surface area contributed by atoms with Gasteiger partial charge in [0, 0.05) is 23.3 Å². The number of carbonyl (C=O) groups is 1. The number of hydrogen-bond donors (Lipinski definition) is 2. The second-order valence-corrected chi connectivity index (χ2v) is 6.00. The van der Waals surface area contributed by atoms with Crippen LogP contribution in [0.4, 0.5) is 17.1 Å². The van der Waals surface area contributed by atoms with Gasteiger partial charge in [0.25, 0.3) is 5.91 Å². The fourth-order valence-corrected chi connectivity index (χ4v) is 2.44. The molecule has 2 N–H and O–H groups in total. The summed E-state index contributed by atoms with van der Waals surface area (Å²) in [6.07, 6.45) is 1.59. The maximum atomic E-state index is 12.4. The first kappa shape index (κ1) is 17.2. The predicted molar refractivity (Wildman–Crippen MR) is 103 cm³/mol. The lowest BCUT2D eigenvalue weighted by atomic mass is 10.1. The first-order valence-corrected chi connectivity index (χ1v) is 8.17. The lowest BCUT2D eigenvalue weighted by Gasteiger charge is -2.10. The highest BCUT2D eigenvalue weighted by molar-refractivity contribution is 6.03. The summed E-state index contributed by atoms with van der Waals surface area (Å²) in [7, 11) is 0. The third kappa shape index (κ3) is 4.05. The van der Waals surface area contributed by atoms with E-state index < -0.39 is 0 Å². The van der Waals surface area contributed by atoms with Gasteiger partial charge in [0.15, 0.2) is 0 Å². The highest BCUT2D eigenvalue weighted by Crippen LogP contribution is 2.20. The minimum Gasteiger partial charge on any atom is -0.355 e. The van der Waals surface area contributed by atoms with Crippen LogP contribution in [0.25, 0.3) is 0 Å². The molecule has 0 saturated carbocycles. The maximum Gasteiger partial charge on any atom is 0.274 e. The first-order valence-electron chi connectivity index (χ1n) is 8.17. The number of pyridine rings is 1. The van der Waals surface area contributed by atoms with E-state index in [2.05, 4.69) is 41.6 Å². The zero-order chi connectivity index (χ0) is 18.5. The molecule has 0 spiro atoms. The van der Waals surface area contributed by atoms with Gasteiger partial charge in [-0.1, -0.05) is 6.07 Å². The van der Waals surface area contributed by atoms with Crippen LogP contribution in [0, 0.1) is 25.2 Å². The van der Waals surface area contributed by atoms with E-state index in [1.54, 1.807) is 36.5 Å². The van der Waals surface area contributed by atoms with Crippen LogP contribution in [0.2, 0.25) is 0 Å². The fourth-order valence-electron chi connectivity index (χ4n) is 2.44. The summed E-state index contributed by atoms with van der Waals surface area (Å²) in [5.74, 6) is -0.307. The number of amides is 1. The molecule has 3 aromatic rings. The minimum atomic E-state index is -0.307. The molecule has 0 aliphatic carbocycles. The second kappa shape index (κ2) is 7.49. The molecule has 3 rings (SSSR count). The molecule has 0 saturated heterocycles. The van der Waals surface area contributed by atoms with E-state index in [0.717, 1.165) is 11.4 Å². The van der Waals surface area contributed by atoms with Crippen molar-refractivity contribution < 1.29 is 4.79 Å². The van der Waals surface area contributed by atoms with E-state index in [1.807, 2.05) is 18.2 Å². The van der Waals surface area contributed by atoms with Crippen molar-refractivity contribution in [3.63, 3.8) is 0 Å². The van der Waals surface area contributed by atoms with E-state index in [9.17, 15) is 4.79 Å². The van der Waals surface area contributed by atoms with Crippen molar-refractivity contribution in [2.45, 2.75) is 13.8 Å². The maximum absolute atomic E-state index is 12.4. The Kier molecular flexibility index (Phi) is 4.95. The van der Waals surface area contributed by atoms with Gasteiger partial charge < -0.3 is 10.6 Å². The topological polar surface area (TPSA) is 77.8 Å². The number of anilines is 3. The Morgan fingerprint density at radius 2 is 1.62 bits per heavy atom. The number of benzene rings is 2. The molecule has 5 nitrogen and oxygen atoms in total. The molecule has 0 unspecified atom stereocenters. The van der Waals surface area contributed by atoms with Gasteiger partial charge in [0.05, 0.1) is 11.6 Å². The Hall–Kier alpha value is -3.65. The molecule has 0 aliphatic heterocycles. The molecule has 0 aliphatic rings. The number of aryl methyl sites for hydroxylation is 2. The van der Waals surface area contributed by atoms with Gasteiger partial charge in [0.1, 0.15) is 5.69 Å². The molecule has 0 bridgehead atoms. The van der Waals surface area contributed by atoms with Gasteiger partial charge in [-0.2, -0.15) is 5.26 Å². The van der Waals surface area contributed by atoms with Crippen LogP contribution in [-0.2, 0) is 0 Å². The number of nitriles is 1. The molecule has 1 heterocycles. The van der Waals surface area contributed by atoms with E-state index in [0.29, 0.717) is 16.9 Å². The highest BCUT2D eigenvalue weighted by atomic mass is 16.1. The molecule has 128 valence electrons. The largest absolute Gasteiger partial charge is 0.355 e. The van der Waals surface area contributed by atoms with Crippen LogP contribution in [0.5, 0.6) is 0 Å². The van der Waals surface area contributed by atoms with Gasteiger partial charge in [-0.25, -0.2) is 0 Å². The Bertz CT molecular complexity index is 988. The molecule has 26 heavy (non-hydrogen) atoms. The number of aromatic nitrogens is 1. The van der Waals surface area contributed by atoms with Crippen LogP contribution in [0.1, 0.15) is 27.2 Å². The summed E-state index contributed by atoms with van der Waals surface area (Å²) < 4.78 is 0. The lowest BCUT2D eigenvalue weighted by Crippen LogP contribution is -2.13. The number of carbonyl (C=O) groups excluding carboxylic acids is 1. The molecule has 0 fully saturated rings. The van der Waals surface area contributed by atoms with Crippen LogP contribution in [-0.4, -0.2) is 10.9 Å². The van der Waals surface area contributed by atoms with Crippen molar-refractivity contribution in [2.24, 2.45) is 0 Å². The van der Waals surface area contributed by atoms with E-state index in [4.69, 9.17) is 5.26 Å². The number of nitrogens with zero attached hydrogens (tertiary/aromatic N) is 2. The molecule has 2 aromatic carbocycles. The van der Waals surface area contributed by atoms with E-state index >= 15 is 0 Å². The lowest BCUT2D eigenvalue weighted by molar-refractivity contribution is 0.102. The van der Waals surface area contributed by atoms with Gasteiger partial charge in [-0.05, 0) is 73.5 Å². The van der Waals surface area contributed by atoms with Gasteiger partial charge >= 0.3 is 0 Å². The Morgan fingerprint density at radius 1 is 0.923 bits per heavy atom.